The van der Waals surface area contributed by atoms with Crippen LogP contribution in [-0.2, 0) is 28.3 Å². The number of rotatable bonds is 12. The van der Waals surface area contributed by atoms with Crippen LogP contribution < -0.4 is 5.32 Å². The van der Waals surface area contributed by atoms with Gasteiger partial charge in [0.1, 0.15) is 6.04 Å². The minimum atomic E-state index is -0.678. The van der Waals surface area contributed by atoms with Gasteiger partial charge in [-0.25, -0.2) is 0 Å². The van der Waals surface area contributed by atoms with E-state index in [4.69, 9.17) is 34.8 Å². The molecule has 0 aromatic heterocycles. The third-order valence-electron chi connectivity index (χ3n) is 6.01. The number of nitrogens with one attached hydrogen (secondary N) is 1. The number of carbonyl (C=O) groups excluding carboxylic acids is 2. The largest absolute Gasteiger partial charge is 0.352 e. The Morgan fingerprint density at radius 2 is 1.62 bits per heavy atom. The highest BCUT2D eigenvalue weighted by Crippen LogP contribution is 2.25. The third kappa shape index (κ3) is 9.26. The molecule has 0 fully saturated rings. The molecule has 3 aromatic carbocycles. The van der Waals surface area contributed by atoms with E-state index < -0.39 is 6.04 Å². The molecule has 3 aromatic rings. The van der Waals surface area contributed by atoms with Crippen molar-refractivity contribution in [2.24, 2.45) is 0 Å². The molecule has 0 unspecified atom stereocenters. The zero-order chi connectivity index (χ0) is 26.8. The van der Waals surface area contributed by atoms with Gasteiger partial charge in [-0.15, -0.1) is 11.8 Å². The van der Waals surface area contributed by atoms with Gasteiger partial charge in [0.2, 0.25) is 11.8 Å². The second-order valence-electron chi connectivity index (χ2n) is 8.90. The van der Waals surface area contributed by atoms with Gasteiger partial charge in [0.05, 0.1) is 5.75 Å². The normalized spacial score (nSPS) is 12.6. The number of halogens is 3. The Hall–Kier alpha value is -2.18. The van der Waals surface area contributed by atoms with Crippen molar-refractivity contribution in [1.82, 2.24) is 10.2 Å². The molecule has 4 nitrogen and oxygen atoms in total. The fourth-order valence-electron chi connectivity index (χ4n) is 3.80. The van der Waals surface area contributed by atoms with Gasteiger partial charge >= 0.3 is 0 Å². The smallest absolute Gasteiger partial charge is 0.243 e. The summed E-state index contributed by atoms with van der Waals surface area (Å²) in [5.74, 6) is 0.450. The summed E-state index contributed by atoms with van der Waals surface area (Å²) in [7, 11) is 0. The summed E-state index contributed by atoms with van der Waals surface area (Å²) in [6.07, 6.45) is 1.20. The monoisotopic (exact) mass is 576 g/mol. The highest BCUT2D eigenvalue weighted by atomic mass is 35.5. The molecule has 0 heterocycles. The van der Waals surface area contributed by atoms with E-state index >= 15 is 0 Å². The van der Waals surface area contributed by atoms with Crippen LogP contribution in [0.15, 0.2) is 72.8 Å². The molecule has 0 bridgehead atoms. The van der Waals surface area contributed by atoms with Crippen LogP contribution in [0.1, 0.15) is 37.0 Å². The van der Waals surface area contributed by atoms with Crippen LogP contribution in [0.25, 0.3) is 0 Å². The van der Waals surface area contributed by atoms with Crippen molar-refractivity contribution < 1.29 is 9.59 Å². The lowest BCUT2D eigenvalue weighted by Crippen LogP contribution is -2.52. The van der Waals surface area contributed by atoms with Crippen molar-refractivity contribution in [3.05, 3.63) is 105 Å². The Balaban J connectivity index is 1.86. The standard InChI is InChI=1S/C29H31Cl3N2O2S/c1-3-20(2)33-29(36)27(15-21-8-5-4-6-9-21)34(17-22-10-7-11-24(30)14-22)28(35)19-37-18-23-12-13-25(31)16-26(23)32/h4-14,16,20,27H,3,15,17-19H2,1-2H3,(H,33,36)/t20-,27-/m1/s1. The minimum Gasteiger partial charge on any atom is -0.352 e. The molecule has 0 saturated heterocycles. The van der Waals surface area contributed by atoms with Crippen LogP contribution in [0.3, 0.4) is 0 Å². The minimum absolute atomic E-state index is 0.00434. The second kappa shape index (κ2) is 14.7. The summed E-state index contributed by atoms with van der Waals surface area (Å²) in [5, 5.41) is 4.80. The Kier molecular flexibility index (Phi) is 11.7. The summed E-state index contributed by atoms with van der Waals surface area (Å²) < 4.78 is 0. The molecule has 0 aliphatic carbocycles. The van der Waals surface area contributed by atoms with E-state index in [0.717, 1.165) is 23.1 Å². The molecule has 0 spiro atoms. The first-order valence-corrected chi connectivity index (χ1v) is 14.5. The zero-order valence-electron chi connectivity index (χ0n) is 20.9. The number of thioether (sulfide) groups is 1. The maximum absolute atomic E-state index is 13.7. The third-order valence-corrected chi connectivity index (χ3v) is 7.80. The van der Waals surface area contributed by atoms with Crippen LogP contribution in [0.2, 0.25) is 15.1 Å². The molecular formula is C29H31Cl3N2O2S. The average molecular weight is 578 g/mol. The first-order valence-electron chi connectivity index (χ1n) is 12.2. The molecule has 196 valence electrons. The van der Waals surface area contributed by atoms with Gasteiger partial charge < -0.3 is 10.2 Å². The SMILES string of the molecule is CC[C@@H](C)NC(=O)[C@@H](Cc1ccccc1)N(Cc1cccc(Cl)c1)C(=O)CSCc1ccc(Cl)cc1Cl. The Morgan fingerprint density at radius 3 is 2.30 bits per heavy atom. The van der Waals surface area contributed by atoms with E-state index in [-0.39, 0.29) is 30.2 Å². The van der Waals surface area contributed by atoms with Crippen LogP contribution in [0.4, 0.5) is 0 Å². The molecule has 8 heteroatoms. The maximum atomic E-state index is 13.7. The van der Waals surface area contributed by atoms with E-state index in [1.54, 1.807) is 23.1 Å². The molecule has 3 rings (SSSR count). The molecule has 0 aliphatic rings. The van der Waals surface area contributed by atoms with Gasteiger partial charge in [0, 0.05) is 39.8 Å². The van der Waals surface area contributed by atoms with E-state index in [1.165, 1.54) is 11.8 Å². The first kappa shape index (κ1) is 29.4. The van der Waals surface area contributed by atoms with Gasteiger partial charge in [0.25, 0.3) is 0 Å². The van der Waals surface area contributed by atoms with Crippen molar-refractivity contribution in [3.8, 4) is 0 Å². The highest BCUT2D eigenvalue weighted by Gasteiger charge is 2.31. The van der Waals surface area contributed by atoms with Crippen molar-refractivity contribution in [2.75, 3.05) is 5.75 Å². The lowest BCUT2D eigenvalue weighted by molar-refractivity contribution is -0.139. The summed E-state index contributed by atoms with van der Waals surface area (Å²) in [4.78, 5) is 28.9. The van der Waals surface area contributed by atoms with Gasteiger partial charge in [-0.05, 0) is 54.3 Å². The highest BCUT2D eigenvalue weighted by molar-refractivity contribution is 7.99. The average Bonchev–Trinajstić information content (AvgIpc) is 2.87. The molecule has 2 amide bonds. The van der Waals surface area contributed by atoms with Gasteiger partial charge in [-0.2, -0.15) is 0 Å². The van der Waals surface area contributed by atoms with Crippen molar-refractivity contribution in [2.45, 2.75) is 51.1 Å². The predicted molar refractivity (Wildman–Crippen MR) is 156 cm³/mol. The number of carbonyl (C=O) groups is 2. The molecule has 0 radical (unpaired) electrons. The summed E-state index contributed by atoms with van der Waals surface area (Å²) in [5.41, 5.74) is 2.75. The zero-order valence-corrected chi connectivity index (χ0v) is 24.0. The fraction of sp³-hybridized carbons (Fsp3) is 0.310. The van der Waals surface area contributed by atoms with Crippen molar-refractivity contribution in [3.63, 3.8) is 0 Å². The Labute approximate surface area is 238 Å². The second-order valence-corrected chi connectivity index (χ2v) is 11.2. The lowest BCUT2D eigenvalue weighted by atomic mass is 10.0. The topological polar surface area (TPSA) is 49.4 Å². The predicted octanol–water partition coefficient (Wildman–Crippen LogP) is 7.43. The van der Waals surface area contributed by atoms with Crippen LogP contribution in [-0.4, -0.2) is 34.6 Å². The van der Waals surface area contributed by atoms with Crippen LogP contribution in [0, 0.1) is 0 Å². The fourth-order valence-corrected chi connectivity index (χ4v) is 5.48. The summed E-state index contributed by atoms with van der Waals surface area (Å²) >= 11 is 20.0. The molecule has 0 saturated carbocycles. The number of hydrogen-bond donors (Lipinski definition) is 1. The van der Waals surface area contributed by atoms with Gasteiger partial charge in [0.15, 0.2) is 0 Å². The van der Waals surface area contributed by atoms with Gasteiger partial charge in [-0.3, -0.25) is 9.59 Å². The van der Waals surface area contributed by atoms with E-state index in [0.29, 0.717) is 27.2 Å². The molecule has 37 heavy (non-hydrogen) atoms. The van der Waals surface area contributed by atoms with Crippen molar-refractivity contribution >= 4 is 58.4 Å². The number of nitrogens with zero attached hydrogens (tertiary/aromatic N) is 1. The summed E-state index contributed by atoms with van der Waals surface area (Å²) in [6.45, 7) is 4.25. The maximum Gasteiger partial charge on any atom is 0.243 e. The van der Waals surface area contributed by atoms with Crippen LogP contribution in [0.5, 0.6) is 0 Å². The molecule has 0 aliphatic heterocycles. The molecular weight excluding hydrogens is 547 g/mol. The quantitative estimate of drug-likeness (QED) is 0.243. The van der Waals surface area contributed by atoms with Gasteiger partial charge in [-0.1, -0.05) is 90.3 Å². The van der Waals surface area contributed by atoms with E-state index in [9.17, 15) is 9.59 Å². The number of benzene rings is 3. The van der Waals surface area contributed by atoms with Crippen LogP contribution >= 0.6 is 46.6 Å². The first-order chi connectivity index (χ1) is 17.8. The lowest BCUT2D eigenvalue weighted by Gasteiger charge is -2.32. The van der Waals surface area contributed by atoms with E-state index in [2.05, 4.69) is 5.32 Å². The molecule has 1 N–H and O–H groups in total. The molecule has 2 atom stereocenters. The van der Waals surface area contributed by atoms with E-state index in [1.807, 2.05) is 68.4 Å². The number of amides is 2. The Bertz CT molecular complexity index is 1190. The Morgan fingerprint density at radius 1 is 0.919 bits per heavy atom. The number of hydrogen-bond acceptors (Lipinski definition) is 3. The summed E-state index contributed by atoms with van der Waals surface area (Å²) in [6, 6.07) is 21.8. The van der Waals surface area contributed by atoms with Crippen molar-refractivity contribution in [1.29, 1.82) is 0 Å².